The second kappa shape index (κ2) is 13.6. The number of aliphatic imine (C=N–C) groups is 1. The molecule has 1 amide bonds. The van der Waals surface area contributed by atoms with Gasteiger partial charge in [-0.15, -0.1) is 24.0 Å². The smallest absolute Gasteiger partial charge is 0.251 e. The zero-order valence-electron chi connectivity index (χ0n) is 19.7. The lowest BCUT2D eigenvalue weighted by atomic mass is 10.0. The minimum absolute atomic E-state index is 0. The second-order valence-corrected chi connectivity index (χ2v) is 8.42. The van der Waals surface area contributed by atoms with Crippen molar-refractivity contribution < 1.29 is 13.9 Å². The monoisotopic (exact) mass is 569 g/mol. The molecule has 0 bridgehead atoms. The minimum atomic E-state index is -0.135. The molecule has 1 saturated heterocycles. The van der Waals surface area contributed by atoms with Gasteiger partial charge in [-0.3, -0.25) is 9.69 Å². The fourth-order valence-corrected chi connectivity index (χ4v) is 3.59. The van der Waals surface area contributed by atoms with E-state index in [1.54, 1.807) is 18.4 Å². The number of halogens is 1. The van der Waals surface area contributed by atoms with Gasteiger partial charge in [-0.25, -0.2) is 4.99 Å². The average molecular weight is 569 g/mol. The molecule has 1 aliphatic heterocycles. The molecule has 182 valence electrons. The number of nitrogens with one attached hydrogen (secondary N) is 3. The number of benzene rings is 1. The summed E-state index contributed by atoms with van der Waals surface area (Å²) in [6.07, 6.45) is 1.60. The lowest BCUT2D eigenvalue weighted by Gasteiger charge is -2.41. The molecule has 9 heteroatoms. The summed E-state index contributed by atoms with van der Waals surface area (Å²) in [5.74, 6) is 1.35. The number of hydrogen-bond acceptors (Lipinski definition) is 5. The number of hydrogen-bond donors (Lipinski definition) is 3. The Labute approximate surface area is 213 Å². The topological polar surface area (TPSA) is 91.1 Å². The van der Waals surface area contributed by atoms with Crippen LogP contribution in [0, 0.1) is 0 Å². The van der Waals surface area contributed by atoms with Crippen LogP contribution in [0.2, 0.25) is 0 Å². The summed E-state index contributed by atoms with van der Waals surface area (Å²) < 4.78 is 10.7. The van der Waals surface area contributed by atoms with Crippen molar-refractivity contribution in [3.05, 3.63) is 59.5 Å². The molecule has 0 atom stereocenters. The van der Waals surface area contributed by atoms with Gasteiger partial charge in [-0.1, -0.05) is 12.1 Å². The Balaban J connectivity index is 0.00000385. The summed E-state index contributed by atoms with van der Waals surface area (Å²) in [5, 5.41) is 9.65. The maximum absolute atomic E-state index is 12.5. The number of carbonyl (C=O) groups is 1. The summed E-state index contributed by atoms with van der Waals surface area (Å²) in [6, 6.07) is 11.2. The van der Waals surface area contributed by atoms with Crippen LogP contribution in [0.4, 0.5) is 0 Å². The van der Waals surface area contributed by atoms with Crippen molar-refractivity contribution in [3.8, 4) is 0 Å². The number of furan rings is 1. The van der Waals surface area contributed by atoms with E-state index in [4.69, 9.17) is 14.1 Å². The molecule has 0 unspecified atom stereocenters. The molecule has 0 aliphatic carbocycles. The molecule has 1 aromatic carbocycles. The zero-order chi connectivity index (χ0) is 22.8. The van der Waals surface area contributed by atoms with Gasteiger partial charge in [0, 0.05) is 37.3 Å². The lowest BCUT2D eigenvalue weighted by Crippen LogP contribution is -2.56. The van der Waals surface area contributed by atoms with Crippen LogP contribution in [0.25, 0.3) is 0 Å². The highest BCUT2D eigenvalue weighted by Gasteiger charge is 2.28. The van der Waals surface area contributed by atoms with Crippen molar-refractivity contribution in [1.82, 2.24) is 20.9 Å². The van der Waals surface area contributed by atoms with Crippen LogP contribution in [-0.2, 0) is 17.8 Å². The molecule has 3 N–H and O–H groups in total. The van der Waals surface area contributed by atoms with Crippen molar-refractivity contribution in [2.24, 2.45) is 4.99 Å². The summed E-state index contributed by atoms with van der Waals surface area (Å²) in [6.45, 7) is 12.4. The molecule has 1 aliphatic rings. The second-order valence-electron chi connectivity index (χ2n) is 8.42. The van der Waals surface area contributed by atoms with Gasteiger partial charge in [-0.05, 0) is 50.6 Å². The van der Waals surface area contributed by atoms with Gasteiger partial charge >= 0.3 is 0 Å². The van der Waals surface area contributed by atoms with E-state index in [-0.39, 0.29) is 35.4 Å². The van der Waals surface area contributed by atoms with Crippen LogP contribution in [0.1, 0.15) is 42.5 Å². The van der Waals surface area contributed by atoms with Crippen molar-refractivity contribution in [1.29, 1.82) is 0 Å². The van der Waals surface area contributed by atoms with Gasteiger partial charge in [0.05, 0.1) is 32.6 Å². The van der Waals surface area contributed by atoms with Crippen LogP contribution in [0.5, 0.6) is 0 Å². The first kappa shape index (κ1) is 27.1. The van der Waals surface area contributed by atoms with Gasteiger partial charge < -0.3 is 25.1 Å². The summed E-state index contributed by atoms with van der Waals surface area (Å²) >= 11 is 0. The number of amides is 1. The molecule has 3 rings (SSSR count). The predicted octanol–water partition coefficient (Wildman–Crippen LogP) is 2.99. The highest BCUT2D eigenvalue weighted by Crippen LogP contribution is 2.15. The van der Waals surface area contributed by atoms with Crippen LogP contribution >= 0.6 is 24.0 Å². The first-order valence-electron chi connectivity index (χ1n) is 11.2. The molecule has 0 spiro atoms. The number of carbonyl (C=O) groups excluding carboxylic acids is 1. The zero-order valence-corrected chi connectivity index (χ0v) is 22.1. The van der Waals surface area contributed by atoms with E-state index in [1.165, 1.54) is 0 Å². The maximum atomic E-state index is 12.5. The Kier molecular flexibility index (Phi) is 11.2. The predicted molar refractivity (Wildman–Crippen MR) is 141 cm³/mol. The first-order chi connectivity index (χ1) is 15.5. The highest BCUT2D eigenvalue weighted by molar-refractivity contribution is 14.0. The molecule has 1 fully saturated rings. The fraction of sp³-hybridized carbons (Fsp3) is 0.500. The Morgan fingerprint density at radius 1 is 1.12 bits per heavy atom. The molecule has 8 nitrogen and oxygen atoms in total. The molecule has 2 heterocycles. The van der Waals surface area contributed by atoms with E-state index in [0.29, 0.717) is 18.7 Å². The molecule has 0 saturated carbocycles. The maximum Gasteiger partial charge on any atom is 0.251 e. The summed E-state index contributed by atoms with van der Waals surface area (Å²) in [4.78, 5) is 19.6. The van der Waals surface area contributed by atoms with E-state index in [9.17, 15) is 4.79 Å². The molecule has 33 heavy (non-hydrogen) atoms. The SMILES string of the molecule is CCNC(=NCc1cccc(C(=O)NCc2ccco2)c1)NCC(C)(C)N1CCOCC1.I. The normalized spacial score (nSPS) is 14.9. The summed E-state index contributed by atoms with van der Waals surface area (Å²) in [5.41, 5.74) is 1.57. The molecular formula is C24H36IN5O3. The van der Waals surface area contributed by atoms with E-state index >= 15 is 0 Å². The van der Waals surface area contributed by atoms with Crippen LogP contribution < -0.4 is 16.0 Å². The Hall–Kier alpha value is -2.11. The number of guanidine groups is 1. The molecule has 1 aromatic heterocycles. The Bertz CT molecular complexity index is 880. The largest absolute Gasteiger partial charge is 0.467 e. The number of morpholine rings is 1. The van der Waals surface area contributed by atoms with Gasteiger partial charge in [0.25, 0.3) is 5.91 Å². The number of ether oxygens (including phenoxy) is 1. The third-order valence-corrected chi connectivity index (χ3v) is 5.51. The third kappa shape index (κ3) is 8.63. The Morgan fingerprint density at radius 2 is 1.91 bits per heavy atom. The van der Waals surface area contributed by atoms with Crippen molar-refractivity contribution in [2.45, 2.75) is 39.4 Å². The quantitative estimate of drug-likeness (QED) is 0.245. The Morgan fingerprint density at radius 3 is 2.61 bits per heavy atom. The van der Waals surface area contributed by atoms with Gasteiger partial charge in [0.2, 0.25) is 0 Å². The van der Waals surface area contributed by atoms with E-state index in [0.717, 1.165) is 56.7 Å². The fourth-order valence-electron chi connectivity index (χ4n) is 3.59. The third-order valence-electron chi connectivity index (χ3n) is 5.51. The molecular weight excluding hydrogens is 533 g/mol. The number of rotatable bonds is 9. The van der Waals surface area contributed by atoms with Gasteiger partial charge in [0.1, 0.15) is 5.76 Å². The van der Waals surface area contributed by atoms with E-state index in [2.05, 4.69) is 34.7 Å². The van der Waals surface area contributed by atoms with E-state index < -0.39 is 0 Å². The standard InChI is InChI=1S/C24H35N5O3.HI/c1-4-25-23(28-18-24(2,3)29-10-13-31-14-11-29)27-16-19-7-5-8-20(15-19)22(30)26-17-21-9-6-12-32-21;/h5-9,12,15H,4,10-11,13-14,16-18H2,1-3H3,(H,26,30)(H2,25,27,28);1H. The summed E-state index contributed by atoms with van der Waals surface area (Å²) in [7, 11) is 0. The first-order valence-corrected chi connectivity index (χ1v) is 11.2. The highest BCUT2D eigenvalue weighted by atomic mass is 127. The number of nitrogens with zero attached hydrogens (tertiary/aromatic N) is 2. The van der Waals surface area contributed by atoms with Crippen molar-refractivity contribution in [2.75, 3.05) is 39.4 Å². The van der Waals surface area contributed by atoms with Crippen LogP contribution in [0.15, 0.2) is 52.1 Å². The van der Waals surface area contributed by atoms with Crippen molar-refractivity contribution in [3.63, 3.8) is 0 Å². The average Bonchev–Trinajstić information content (AvgIpc) is 3.34. The van der Waals surface area contributed by atoms with Crippen molar-refractivity contribution >= 4 is 35.8 Å². The van der Waals surface area contributed by atoms with Crippen LogP contribution in [0.3, 0.4) is 0 Å². The minimum Gasteiger partial charge on any atom is -0.467 e. The van der Waals surface area contributed by atoms with Gasteiger partial charge in [-0.2, -0.15) is 0 Å². The van der Waals surface area contributed by atoms with E-state index in [1.807, 2.05) is 31.2 Å². The lowest BCUT2D eigenvalue weighted by molar-refractivity contribution is -0.00834. The molecule has 0 radical (unpaired) electrons. The molecule has 2 aromatic rings. The van der Waals surface area contributed by atoms with Crippen LogP contribution in [-0.4, -0.2) is 61.7 Å². The van der Waals surface area contributed by atoms with Gasteiger partial charge in [0.15, 0.2) is 5.96 Å².